The van der Waals surface area contributed by atoms with Gasteiger partial charge in [-0.25, -0.2) is 0 Å². The number of aromatic nitrogens is 1. The molecule has 0 amide bonds. The maximum Gasteiger partial charge on any atom is 0.269 e. The van der Waals surface area contributed by atoms with Gasteiger partial charge in [-0.15, -0.1) is 0 Å². The number of benzene rings is 2. The lowest BCUT2D eigenvalue weighted by Crippen LogP contribution is -2.20. The van der Waals surface area contributed by atoms with Crippen LogP contribution in [-0.2, 0) is 0 Å². The second-order valence-electron chi connectivity index (χ2n) is 6.04. The first kappa shape index (κ1) is 17.4. The van der Waals surface area contributed by atoms with E-state index in [4.69, 9.17) is 4.74 Å². The summed E-state index contributed by atoms with van der Waals surface area (Å²) in [5.41, 5.74) is 3.96. The smallest absolute Gasteiger partial charge is 0.269 e. The van der Waals surface area contributed by atoms with Gasteiger partial charge < -0.3 is 4.74 Å². The summed E-state index contributed by atoms with van der Waals surface area (Å²) >= 11 is 3.48. The Labute approximate surface area is 154 Å². The number of fused-ring (bicyclic) bond motifs is 1. The lowest BCUT2D eigenvalue weighted by Gasteiger charge is -2.13. The molecule has 3 aromatic rings. The Kier molecular flexibility index (Phi) is 4.77. The number of carbonyl (C=O) groups excluding carboxylic acids is 2. The van der Waals surface area contributed by atoms with Gasteiger partial charge in [-0.1, -0.05) is 24.3 Å². The number of para-hydroxylation sites is 1. The Hall–Kier alpha value is -2.40. The van der Waals surface area contributed by atoms with Crippen molar-refractivity contribution >= 4 is 39.0 Å². The van der Waals surface area contributed by atoms with Crippen LogP contribution < -0.4 is 4.74 Å². The summed E-state index contributed by atoms with van der Waals surface area (Å²) in [6.45, 7) is 5.61. The van der Waals surface area contributed by atoms with Crippen LogP contribution in [0.4, 0.5) is 0 Å². The van der Waals surface area contributed by atoms with Crippen LogP contribution in [0, 0.1) is 20.8 Å². The summed E-state index contributed by atoms with van der Waals surface area (Å²) in [5, 5.41) is 0.774. The lowest BCUT2D eigenvalue weighted by molar-refractivity contribution is 0.0840. The number of halogens is 1. The van der Waals surface area contributed by atoms with Crippen LogP contribution in [0.15, 0.2) is 40.9 Å². The van der Waals surface area contributed by atoms with Gasteiger partial charge in [0.1, 0.15) is 5.75 Å². The number of nitrogens with zero attached hydrogens (tertiary/aromatic N) is 1. The maximum absolute atomic E-state index is 12.8. The number of ether oxygens (including phenoxy) is 1. The molecule has 0 bridgehead atoms. The predicted molar refractivity (Wildman–Crippen MR) is 102 cm³/mol. The molecule has 0 saturated carbocycles. The molecule has 0 radical (unpaired) electrons. The van der Waals surface area contributed by atoms with Crippen molar-refractivity contribution in [2.45, 2.75) is 20.8 Å². The first-order chi connectivity index (χ1) is 11.9. The van der Waals surface area contributed by atoms with E-state index in [0.717, 1.165) is 32.8 Å². The zero-order chi connectivity index (χ0) is 18.1. The Morgan fingerprint density at radius 2 is 1.92 bits per heavy atom. The molecule has 0 N–H and O–H groups in total. The lowest BCUT2D eigenvalue weighted by atomic mass is 10.1. The van der Waals surface area contributed by atoms with E-state index in [1.54, 1.807) is 11.5 Å². The van der Waals surface area contributed by atoms with Crippen molar-refractivity contribution in [3.8, 4) is 5.75 Å². The zero-order valence-electron chi connectivity index (χ0n) is 14.3. The van der Waals surface area contributed by atoms with Crippen molar-refractivity contribution in [2.75, 3.05) is 6.61 Å². The molecular weight excluding hydrogens is 382 g/mol. The minimum absolute atomic E-state index is 0.111. The SMILES string of the molecule is Cc1cc(C)c(OCC(=O)n2c(C)c(C=O)c3ccccc32)c(Br)c1. The van der Waals surface area contributed by atoms with E-state index in [-0.39, 0.29) is 12.5 Å². The average molecular weight is 400 g/mol. The number of rotatable bonds is 4. The van der Waals surface area contributed by atoms with Crippen LogP contribution in [0.25, 0.3) is 10.9 Å². The highest BCUT2D eigenvalue weighted by Crippen LogP contribution is 2.30. The van der Waals surface area contributed by atoms with Gasteiger partial charge in [0.25, 0.3) is 5.91 Å². The summed E-state index contributed by atoms with van der Waals surface area (Å²) < 4.78 is 8.15. The number of hydrogen-bond acceptors (Lipinski definition) is 3. The summed E-state index contributed by atoms with van der Waals surface area (Å²) in [6.07, 6.45) is 0.795. The molecule has 0 unspecified atom stereocenters. The highest BCUT2D eigenvalue weighted by molar-refractivity contribution is 9.10. The van der Waals surface area contributed by atoms with Gasteiger partial charge in [0.2, 0.25) is 0 Å². The van der Waals surface area contributed by atoms with Crippen molar-refractivity contribution in [3.05, 3.63) is 63.3 Å². The summed E-state index contributed by atoms with van der Waals surface area (Å²) in [5.74, 6) is 0.442. The number of aldehydes is 1. The molecule has 1 heterocycles. The third-order valence-electron chi connectivity index (χ3n) is 4.24. The number of aryl methyl sites for hydroxylation is 2. The topological polar surface area (TPSA) is 48.3 Å². The molecule has 0 saturated heterocycles. The highest BCUT2D eigenvalue weighted by Gasteiger charge is 2.19. The van der Waals surface area contributed by atoms with Crippen molar-refractivity contribution in [2.24, 2.45) is 0 Å². The van der Waals surface area contributed by atoms with E-state index >= 15 is 0 Å². The number of carbonyl (C=O) groups is 2. The molecule has 25 heavy (non-hydrogen) atoms. The molecule has 0 aliphatic heterocycles. The second kappa shape index (κ2) is 6.84. The Morgan fingerprint density at radius 1 is 1.20 bits per heavy atom. The largest absolute Gasteiger partial charge is 0.482 e. The van der Waals surface area contributed by atoms with Gasteiger partial charge in [0, 0.05) is 16.6 Å². The summed E-state index contributed by atoms with van der Waals surface area (Å²) in [7, 11) is 0. The second-order valence-corrected chi connectivity index (χ2v) is 6.90. The molecule has 0 aliphatic carbocycles. The summed E-state index contributed by atoms with van der Waals surface area (Å²) in [6, 6.07) is 11.3. The minimum atomic E-state index is -0.214. The van der Waals surface area contributed by atoms with E-state index in [0.29, 0.717) is 17.0 Å². The number of hydrogen-bond donors (Lipinski definition) is 0. The Bertz CT molecular complexity index is 965. The molecule has 2 aromatic carbocycles. The van der Waals surface area contributed by atoms with Crippen molar-refractivity contribution in [1.29, 1.82) is 0 Å². The van der Waals surface area contributed by atoms with Crippen LogP contribution in [0.3, 0.4) is 0 Å². The molecule has 0 atom stereocenters. The van der Waals surface area contributed by atoms with Gasteiger partial charge in [0.05, 0.1) is 9.99 Å². The average Bonchev–Trinajstić information content (AvgIpc) is 2.84. The quantitative estimate of drug-likeness (QED) is 0.588. The molecule has 5 heteroatoms. The third kappa shape index (κ3) is 3.12. The van der Waals surface area contributed by atoms with Crippen LogP contribution in [0.5, 0.6) is 5.75 Å². The highest BCUT2D eigenvalue weighted by atomic mass is 79.9. The maximum atomic E-state index is 12.8. The normalized spacial score (nSPS) is 10.9. The zero-order valence-corrected chi connectivity index (χ0v) is 15.9. The van der Waals surface area contributed by atoms with Gasteiger partial charge >= 0.3 is 0 Å². The van der Waals surface area contributed by atoms with Crippen LogP contribution >= 0.6 is 15.9 Å². The first-order valence-corrected chi connectivity index (χ1v) is 8.71. The molecule has 4 nitrogen and oxygen atoms in total. The fourth-order valence-corrected chi connectivity index (χ4v) is 3.93. The third-order valence-corrected chi connectivity index (χ3v) is 4.83. The van der Waals surface area contributed by atoms with E-state index in [2.05, 4.69) is 15.9 Å². The molecule has 0 fully saturated rings. The van der Waals surface area contributed by atoms with E-state index in [1.165, 1.54) is 0 Å². The van der Waals surface area contributed by atoms with Crippen LogP contribution in [0.1, 0.15) is 32.0 Å². The van der Waals surface area contributed by atoms with Crippen molar-refractivity contribution < 1.29 is 14.3 Å². The van der Waals surface area contributed by atoms with Gasteiger partial charge in [0.15, 0.2) is 12.9 Å². The Balaban J connectivity index is 1.94. The van der Waals surface area contributed by atoms with E-state index < -0.39 is 0 Å². The fourth-order valence-electron chi connectivity index (χ4n) is 3.15. The van der Waals surface area contributed by atoms with Crippen molar-refractivity contribution in [3.63, 3.8) is 0 Å². The minimum Gasteiger partial charge on any atom is -0.482 e. The van der Waals surface area contributed by atoms with Gasteiger partial charge in [-0.05, 0) is 60.0 Å². The Morgan fingerprint density at radius 3 is 2.60 bits per heavy atom. The fraction of sp³-hybridized carbons (Fsp3) is 0.200. The summed E-state index contributed by atoms with van der Waals surface area (Å²) in [4.78, 5) is 24.2. The van der Waals surface area contributed by atoms with Gasteiger partial charge in [-0.3, -0.25) is 14.2 Å². The standard InChI is InChI=1S/C20H18BrNO3/c1-12-8-13(2)20(17(21)9-12)25-11-19(24)22-14(3)16(10-23)15-6-4-5-7-18(15)22/h4-10H,11H2,1-3H3. The molecular formula is C20H18BrNO3. The molecule has 128 valence electrons. The molecule has 0 aliphatic rings. The van der Waals surface area contributed by atoms with Crippen LogP contribution in [0.2, 0.25) is 0 Å². The van der Waals surface area contributed by atoms with Crippen LogP contribution in [-0.4, -0.2) is 23.4 Å². The van der Waals surface area contributed by atoms with E-state index in [1.807, 2.05) is 50.2 Å². The first-order valence-electron chi connectivity index (χ1n) is 7.92. The van der Waals surface area contributed by atoms with Crippen molar-refractivity contribution in [1.82, 2.24) is 4.57 Å². The molecule has 1 aromatic heterocycles. The molecule has 0 spiro atoms. The monoisotopic (exact) mass is 399 g/mol. The van der Waals surface area contributed by atoms with Gasteiger partial charge in [-0.2, -0.15) is 0 Å². The van der Waals surface area contributed by atoms with E-state index in [9.17, 15) is 9.59 Å². The predicted octanol–water partition coefficient (Wildman–Crippen LogP) is 4.86. The molecule has 3 rings (SSSR count).